The molecular formula is C24H21BrN2O3. The van der Waals surface area contributed by atoms with Crippen LogP contribution in [0.5, 0.6) is 5.75 Å². The summed E-state index contributed by atoms with van der Waals surface area (Å²) in [6.07, 6.45) is 7.77. The van der Waals surface area contributed by atoms with Crippen LogP contribution in [-0.4, -0.2) is 23.0 Å². The number of rotatable bonds is 5. The Morgan fingerprint density at radius 2 is 1.53 bits per heavy atom. The molecule has 0 aromatic heterocycles. The van der Waals surface area contributed by atoms with Crippen LogP contribution in [0.15, 0.2) is 70.3 Å². The second kappa shape index (κ2) is 7.84. The van der Waals surface area contributed by atoms with Crippen molar-refractivity contribution in [3.8, 4) is 5.75 Å². The third-order valence-electron chi connectivity index (χ3n) is 6.26. The van der Waals surface area contributed by atoms with Gasteiger partial charge in [-0.3, -0.25) is 9.59 Å². The summed E-state index contributed by atoms with van der Waals surface area (Å²) in [5.74, 6) is 0.333. The molecule has 0 N–H and O–H groups in total. The van der Waals surface area contributed by atoms with Gasteiger partial charge in [0.25, 0.3) is 11.8 Å². The van der Waals surface area contributed by atoms with Crippen LogP contribution in [0.2, 0.25) is 0 Å². The number of halogens is 1. The van der Waals surface area contributed by atoms with Crippen molar-refractivity contribution in [3.63, 3.8) is 0 Å². The van der Waals surface area contributed by atoms with Crippen LogP contribution in [0.4, 0.5) is 0 Å². The molecule has 2 aromatic rings. The molecule has 0 spiro atoms. The Bertz CT molecular complexity index is 997. The highest BCUT2D eigenvalue weighted by molar-refractivity contribution is 9.10. The third kappa shape index (κ3) is 3.49. The zero-order valence-electron chi connectivity index (χ0n) is 16.3. The quantitative estimate of drug-likeness (QED) is 0.370. The highest BCUT2D eigenvalue weighted by Gasteiger charge is 2.56. The molecule has 5 nitrogen and oxygen atoms in total. The van der Waals surface area contributed by atoms with Gasteiger partial charge in [-0.2, -0.15) is 10.1 Å². The van der Waals surface area contributed by atoms with Gasteiger partial charge in [-0.1, -0.05) is 40.2 Å². The summed E-state index contributed by atoms with van der Waals surface area (Å²) in [6, 6.07) is 15.4. The lowest BCUT2D eigenvalue weighted by molar-refractivity contribution is -0.140. The summed E-state index contributed by atoms with van der Waals surface area (Å²) in [5, 5.41) is 5.33. The van der Waals surface area contributed by atoms with Crippen LogP contribution in [0, 0.1) is 23.7 Å². The number of carbonyl (C=O) groups is 2. The smallest absolute Gasteiger partial charge is 0.254 e. The number of hydrogen-bond donors (Lipinski definition) is 0. The molecule has 30 heavy (non-hydrogen) atoms. The highest BCUT2D eigenvalue weighted by atomic mass is 79.9. The van der Waals surface area contributed by atoms with Gasteiger partial charge in [0.1, 0.15) is 12.4 Å². The number of benzene rings is 2. The standard InChI is InChI=1S/C24H21BrN2O3/c25-19-9-1-16(2-10-19)14-30-20-11-3-15(4-12-20)13-26-27-23(28)21-17-5-6-18(8-7-17)22(21)24(27)29/h1-6,9-13,17-18,21-22H,7-8,14H2/b26-13-/t17-,18+,21-,22-/m0/s1. The summed E-state index contributed by atoms with van der Waals surface area (Å²) in [5.41, 5.74) is 1.89. The monoisotopic (exact) mass is 464 g/mol. The van der Waals surface area contributed by atoms with Crippen molar-refractivity contribution in [2.24, 2.45) is 28.8 Å². The zero-order valence-corrected chi connectivity index (χ0v) is 17.9. The number of allylic oxidation sites excluding steroid dienone is 2. The van der Waals surface area contributed by atoms with Crippen LogP contribution < -0.4 is 4.74 Å². The molecule has 0 radical (unpaired) electrons. The lowest BCUT2D eigenvalue weighted by Crippen LogP contribution is -2.38. The third-order valence-corrected chi connectivity index (χ3v) is 6.79. The molecule has 2 aromatic carbocycles. The average Bonchev–Trinajstić information content (AvgIpc) is 3.05. The number of fused-ring (bicyclic) bond motifs is 1. The van der Waals surface area contributed by atoms with Crippen molar-refractivity contribution in [2.75, 3.05) is 0 Å². The second-order valence-electron chi connectivity index (χ2n) is 8.06. The zero-order chi connectivity index (χ0) is 20.7. The van der Waals surface area contributed by atoms with Crippen LogP contribution in [0.3, 0.4) is 0 Å². The van der Waals surface area contributed by atoms with Crippen molar-refractivity contribution in [3.05, 3.63) is 76.3 Å². The Morgan fingerprint density at radius 3 is 2.10 bits per heavy atom. The van der Waals surface area contributed by atoms with E-state index in [9.17, 15) is 9.59 Å². The summed E-state index contributed by atoms with van der Waals surface area (Å²) in [7, 11) is 0. The number of ether oxygens (including phenoxy) is 1. The Labute approximate surface area is 183 Å². The molecule has 2 bridgehead atoms. The lowest BCUT2D eigenvalue weighted by atomic mass is 9.63. The van der Waals surface area contributed by atoms with Gasteiger partial charge in [0, 0.05) is 4.47 Å². The van der Waals surface area contributed by atoms with Crippen LogP contribution >= 0.6 is 15.9 Å². The molecule has 1 heterocycles. The van der Waals surface area contributed by atoms with Gasteiger partial charge in [-0.15, -0.1) is 0 Å². The van der Waals surface area contributed by atoms with E-state index in [0.717, 1.165) is 39.2 Å². The Morgan fingerprint density at radius 1 is 0.933 bits per heavy atom. The SMILES string of the molecule is O=C1[C@@H]2[C@@H](C(=O)N1/N=C\c1ccc(OCc3ccc(Br)cc3)cc1)[C@H]1C=C[C@@H]2CC1. The van der Waals surface area contributed by atoms with E-state index < -0.39 is 0 Å². The minimum Gasteiger partial charge on any atom is -0.489 e. The first-order valence-electron chi connectivity index (χ1n) is 10.2. The fourth-order valence-electron chi connectivity index (χ4n) is 4.69. The van der Waals surface area contributed by atoms with Gasteiger partial charge < -0.3 is 4.74 Å². The number of hydrazone groups is 1. The number of nitrogens with zero attached hydrogens (tertiary/aromatic N) is 2. The Hall–Kier alpha value is -2.73. The van der Waals surface area contributed by atoms with E-state index >= 15 is 0 Å². The lowest BCUT2D eigenvalue weighted by Gasteiger charge is -2.37. The topological polar surface area (TPSA) is 59.0 Å². The number of carbonyl (C=O) groups excluding carboxylic acids is 2. The minimum absolute atomic E-state index is 0.158. The fraction of sp³-hybridized carbons (Fsp3) is 0.292. The van der Waals surface area contributed by atoms with Crippen LogP contribution in [-0.2, 0) is 16.2 Å². The predicted molar refractivity (Wildman–Crippen MR) is 117 cm³/mol. The van der Waals surface area contributed by atoms with Crippen molar-refractivity contribution >= 4 is 34.0 Å². The molecule has 1 aliphatic heterocycles. The first-order valence-corrected chi connectivity index (χ1v) is 11.0. The summed E-state index contributed by atoms with van der Waals surface area (Å²) >= 11 is 3.42. The molecule has 2 amide bonds. The Balaban J connectivity index is 1.23. The molecule has 1 saturated carbocycles. The normalized spacial score (nSPS) is 27.2. The molecule has 1 saturated heterocycles. The molecule has 6 heteroatoms. The fourth-order valence-corrected chi connectivity index (χ4v) is 4.96. The van der Waals surface area contributed by atoms with E-state index in [1.807, 2.05) is 48.5 Å². The first kappa shape index (κ1) is 19.2. The van der Waals surface area contributed by atoms with Gasteiger partial charge in [-0.25, -0.2) is 0 Å². The van der Waals surface area contributed by atoms with E-state index in [4.69, 9.17) is 4.74 Å². The van der Waals surface area contributed by atoms with Gasteiger partial charge in [0.2, 0.25) is 0 Å². The van der Waals surface area contributed by atoms with Crippen molar-refractivity contribution in [1.29, 1.82) is 0 Å². The molecular weight excluding hydrogens is 444 g/mol. The molecule has 4 atom stereocenters. The number of amides is 2. The summed E-state index contributed by atoms with van der Waals surface area (Å²) < 4.78 is 6.84. The predicted octanol–water partition coefficient (Wildman–Crippen LogP) is 4.56. The van der Waals surface area contributed by atoms with E-state index in [1.54, 1.807) is 6.21 Å². The molecule has 3 aliphatic carbocycles. The van der Waals surface area contributed by atoms with Crippen LogP contribution in [0.1, 0.15) is 24.0 Å². The van der Waals surface area contributed by atoms with Crippen LogP contribution in [0.25, 0.3) is 0 Å². The van der Waals surface area contributed by atoms with Gasteiger partial charge >= 0.3 is 0 Å². The molecule has 6 rings (SSSR count). The van der Waals surface area contributed by atoms with Crippen molar-refractivity contribution < 1.29 is 14.3 Å². The van der Waals surface area contributed by atoms with Crippen molar-refractivity contribution in [2.45, 2.75) is 19.4 Å². The van der Waals surface area contributed by atoms with E-state index in [1.165, 1.54) is 0 Å². The average molecular weight is 465 g/mol. The van der Waals surface area contributed by atoms with E-state index in [-0.39, 0.29) is 35.5 Å². The van der Waals surface area contributed by atoms with E-state index in [2.05, 4.69) is 33.2 Å². The number of hydrogen-bond acceptors (Lipinski definition) is 4. The number of imide groups is 1. The van der Waals surface area contributed by atoms with Gasteiger partial charge in [0.05, 0.1) is 18.1 Å². The highest BCUT2D eigenvalue weighted by Crippen LogP contribution is 2.49. The van der Waals surface area contributed by atoms with E-state index in [0.29, 0.717) is 6.61 Å². The van der Waals surface area contributed by atoms with Gasteiger partial charge in [0.15, 0.2) is 0 Å². The summed E-state index contributed by atoms with van der Waals surface area (Å²) in [4.78, 5) is 25.6. The molecule has 4 aliphatic rings. The van der Waals surface area contributed by atoms with Crippen molar-refractivity contribution in [1.82, 2.24) is 5.01 Å². The molecule has 152 valence electrons. The molecule has 2 fully saturated rings. The maximum Gasteiger partial charge on any atom is 0.254 e. The minimum atomic E-state index is -0.229. The molecule has 0 unspecified atom stereocenters. The maximum atomic E-state index is 12.8. The Kier molecular flexibility index (Phi) is 5.03. The maximum absolute atomic E-state index is 12.8. The van der Waals surface area contributed by atoms with Gasteiger partial charge in [-0.05, 0) is 72.2 Å². The first-order chi connectivity index (χ1) is 14.6. The summed E-state index contributed by atoms with van der Waals surface area (Å²) in [6.45, 7) is 0.483. The second-order valence-corrected chi connectivity index (χ2v) is 8.97. The largest absolute Gasteiger partial charge is 0.489 e.